The maximum atomic E-state index is 9.92. The molecule has 0 aliphatic heterocycles. The zero-order chi connectivity index (χ0) is 9.97. The average Bonchev–Trinajstić information content (AvgIpc) is 2.72. The molecule has 0 bridgehead atoms. The van der Waals surface area contributed by atoms with Crippen molar-refractivity contribution in [2.24, 2.45) is 0 Å². The number of aryl methyl sites for hydroxylation is 2. The van der Waals surface area contributed by atoms with Crippen LogP contribution in [-0.2, 0) is 12.8 Å². The van der Waals surface area contributed by atoms with Crippen LogP contribution < -0.4 is 0 Å². The van der Waals surface area contributed by atoms with Crippen LogP contribution in [-0.4, -0.2) is 5.11 Å². The van der Waals surface area contributed by atoms with Crippen LogP contribution in [0.2, 0.25) is 0 Å². The summed E-state index contributed by atoms with van der Waals surface area (Å²) in [6.07, 6.45) is 6.80. The van der Waals surface area contributed by atoms with Gasteiger partial charge in [-0.05, 0) is 37.3 Å². The third-order valence-electron chi connectivity index (χ3n) is 2.93. The van der Waals surface area contributed by atoms with Gasteiger partial charge in [0, 0.05) is 9.75 Å². The molecule has 0 spiro atoms. The van der Waals surface area contributed by atoms with Crippen molar-refractivity contribution < 1.29 is 5.11 Å². The Hall–Kier alpha value is -0.340. The van der Waals surface area contributed by atoms with Gasteiger partial charge in [-0.25, -0.2) is 0 Å². The van der Waals surface area contributed by atoms with Crippen LogP contribution in [0, 0.1) is 0 Å². The molecule has 0 saturated carbocycles. The van der Waals surface area contributed by atoms with Gasteiger partial charge in [0.1, 0.15) is 0 Å². The first-order chi connectivity index (χ1) is 6.81. The molecule has 1 aliphatic rings. The monoisotopic (exact) mass is 210 g/mol. The Morgan fingerprint density at radius 2 is 2.36 bits per heavy atom. The molecule has 1 aromatic heterocycles. The summed E-state index contributed by atoms with van der Waals surface area (Å²) in [4.78, 5) is 2.72. The summed E-state index contributed by atoms with van der Waals surface area (Å²) in [5.74, 6) is 0. The largest absolute Gasteiger partial charge is 0.388 e. The molecule has 2 rings (SSSR count). The second-order valence-corrected chi connectivity index (χ2v) is 5.28. The minimum absolute atomic E-state index is 0.203. The molecule has 0 amide bonds. The van der Waals surface area contributed by atoms with Crippen molar-refractivity contribution in [3.63, 3.8) is 0 Å². The average molecular weight is 210 g/mol. The van der Waals surface area contributed by atoms with E-state index in [1.807, 2.05) is 11.3 Å². The summed E-state index contributed by atoms with van der Waals surface area (Å²) < 4.78 is 0. The van der Waals surface area contributed by atoms with Crippen LogP contribution in [0.3, 0.4) is 0 Å². The van der Waals surface area contributed by atoms with E-state index in [2.05, 4.69) is 13.0 Å². The van der Waals surface area contributed by atoms with E-state index in [-0.39, 0.29) is 6.10 Å². The number of thiophene rings is 1. The second-order valence-electron chi connectivity index (χ2n) is 4.11. The fraction of sp³-hybridized carbons (Fsp3) is 0.667. The molecule has 14 heavy (non-hydrogen) atoms. The minimum Gasteiger partial charge on any atom is -0.388 e. The van der Waals surface area contributed by atoms with Gasteiger partial charge in [0.05, 0.1) is 6.10 Å². The van der Waals surface area contributed by atoms with E-state index in [1.54, 1.807) is 0 Å². The van der Waals surface area contributed by atoms with Crippen molar-refractivity contribution in [1.82, 2.24) is 0 Å². The van der Waals surface area contributed by atoms with Gasteiger partial charge in [-0.3, -0.25) is 0 Å². The first kappa shape index (κ1) is 10.2. The number of unbranched alkanes of at least 4 members (excludes halogenated alkanes) is 1. The highest BCUT2D eigenvalue weighted by Crippen LogP contribution is 2.35. The number of rotatable bonds is 4. The van der Waals surface area contributed by atoms with E-state index in [9.17, 15) is 5.11 Å². The molecule has 1 heterocycles. The first-order valence-electron chi connectivity index (χ1n) is 5.60. The van der Waals surface area contributed by atoms with Gasteiger partial charge in [0.2, 0.25) is 0 Å². The lowest BCUT2D eigenvalue weighted by molar-refractivity contribution is 0.168. The van der Waals surface area contributed by atoms with Crippen LogP contribution in [0.15, 0.2) is 6.07 Å². The molecule has 1 aliphatic carbocycles. The zero-order valence-electron chi connectivity index (χ0n) is 8.75. The third-order valence-corrected chi connectivity index (χ3v) is 4.26. The maximum absolute atomic E-state index is 9.92. The van der Waals surface area contributed by atoms with E-state index in [1.165, 1.54) is 41.0 Å². The zero-order valence-corrected chi connectivity index (χ0v) is 9.57. The predicted octanol–water partition coefficient (Wildman–Crippen LogP) is 3.46. The van der Waals surface area contributed by atoms with Gasteiger partial charge >= 0.3 is 0 Å². The highest BCUT2D eigenvalue weighted by Gasteiger charge is 2.18. The number of aliphatic hydroxyl groups excluding tert-OH is 1. The normalized spacial score (nSPS) is 17.0. The Morgan fingerprint density at radius 1 is 1.50 bits per heavy atom. The molecule has 0 radical (unpaired) electrons. The number of hydrogen-bond donors (Lipinski definition) is 1. The summed E-state index contributed by atoms with van der Waals surface area (Å²) in [6, 6.07) is 2.23. The van der Waals surface area contributed by atoms with Crippen LogP contribution in [0.25, 0.3) is 0 Å². The molecule has 0 saturated heterocycles. The van der Waals surface area contributed by atoms with Gasteiger partial charge < -0.3 is 5.11 Å². The maximum Gasteiger partial charge on any atom is 0.0882 e. The van der Waals surface area contributed by atoms with Gasteiger partial charge in [-0.15, -0.1) is 11.3 Å². The molecule has 1 aromatic rings. The summed E-state index contributed by atoms with van der Waals surface area (Å²) in [7, 11) is 0. The standard InChI is InChI=1S/C12H18OS/c1-2-3-6-10(13)12-8-9-5-4-7-11(9)14-12/h8,10,13H,2-7H2,1H3. The minimum atomic E-state index is -0.203. The van der Waals surface area contributed by atoms with E-state index in [0.29, 0.717) is 0 Å². The highest BCUT2D eigenvalue weighted by atomic mass is 32.1. The van der Waals surface area contributed by atoms with E-state index < -0.39 is 0 Å². The van der Waals surface area contributed by atoms with Gasteiger partial charge in [-0.2, -0.15) is 0 Å². The highest BCUT2D eigenvalue weighted by molar-refractivity contribution is 7.12. The molecule has 0 fully saturated rings. The quantitative estimate of drug-likeness (QED) is 0.807. The fourth-order valence-electron chi connectivity index (χ4n) is 2.06. The predicted molar refractivity (Wildman–Crippen MR) is 60.8 cm³/mol. The smallest absolute Gasteiger partial charge is 0.0882 e. The molecule has 1 atom stereocenters. The summed E-state index contributed by atoms with van der Waals surface area (Å²) in [6.45, 7) is 2.17. The molecular formula is C12H18OS. The molecule has 0 aromatic carbocycles. The lowest BCUT2D eigenvalue weighted by atomic mass is 10.1. The van der Waals surface area contributed by atoms with Crippen molar-refractivity contribution in [2.75, 3.05) is 0 Å². The third kappa shape index (κ3) is 2.01. The topological polar surface area (TPSA) is 20.2 Å². The Balaban J connectivity index is 2.02. The molecular weight excluding hydrogens is 192 g/mol. The van der Waals surface area contributed by atoms with Crippen LogP contribution in [0.5, 0.6) is 0 Å². The van der Waals surface area contributed by atoms with Crippen molar-refractivity contribution >= 4 is 11.3 Å². The molecule has 2 heteroatoms. The van der Waals surface area contributed by atoms with Crippen LogP contribution >= 0.6 is 11.3 Å². The van der Waals surface area contributed by atoms with Crippen LogP contribution in [0.1, 0.15) is 54.0 Å². The van der Waals surface area contributed by atoms with Crippen molar-refractivity contribution in [2.45, 2.75) is 51.6 Å². The van der Waals surface area contributed by atoms with Crippen molar-refractivity contribution in [1.29, 1.82) is 0 Å². The SMILES string of the molecule is CCCCC(O)c1cc2c(s1)CCC2. The molecule has 1 nitrogen and oxygen atoms in total. The molecule has 78 valence electrons. The van der Waals surface area contributed by atoms with E-state index >= 15 is 0 Å². The summed E-state index contributed by atoms with van der Waals surface area (Å²) in [5.41, 5.74) is 1.50. The second kappa shape index (κ2) is 4.45. The number of aliphatic hydroxyl groups is 1. The van der Waals surface area contributed by atoms with Crippen LogP contribution in [0.4, 0.5) is 0 Å². The molecule has 1 unspecified atom stereocenters. The molecule has 1 N–H and O–H groups in total. The Morgan fingerprint density at radius 3 is 3.07 bits per heavy atom. The summed E-state index contributed by atoms with van der Waals surface area (Å²) >= 11 is 1.83. The van der Waals surface area contributed by atoms with E-state index in [0.717, 1.165) is 12.8 Å². The Labute approximate surface area is 89.8 Å². The van der Waals surface area contributed by atoms with Gasteiger partial charge in [0.15, 0.2) is 0 Å². The number of hydrogen-bond acceptors (Lipinski definition) is 2. The Kier molecular flexibility index (Phi) is 3.24. The Bertz CT molecular complexity index is 282. The van der Waals surface area contributed by atoms with E-state index in [4.69, 9.17) is 0 Å². The van der Waals surface area contributed by atoms with Gasteiger partial charge in [-0.1, -0.05) is 19.8 Å². The van der Waals surface area contributed by atoms with Crippen molar-refractivity contribution in [3.8, 4) is 0 Å². The fourth-order valence-corrected chi connectivity index (χ4v) is 3.33. The lowest BCUT2D eigenvalue weighted by Gasteiger charge is -2.06. The lowest BCUT2D eigenvalue weighted by Crippen LogP contribution is -1.93. The van der Waals surface area contributed by atoms with Gasteiger partial charge in [0.25, 0.3) is 0 Å². The number of fused-ring (bicyclic) bond motifs is 1. The first-order valence-corrected chi connectivity index (χ1v) is 6.42. The van der Waals surface area contributed by atoms with Crippen molar-refractivity contribution in [3.05, 3.63) is 21.4 Å². The summed E-state index contributed by atoms with van der Waals surface area (Å²) in [5, 5.41) is 9.92.